The van der Waals surface area contributed by atoms with Crippen LogP contribution in [-0.4, -0.2) is 61.3 Å². The van der Waals surface area contributed by atoms with Crippen molar-refractivity contribution < 1.29 is 34.0 Å². The number of phenols is 1. The van der Waals surface area contributed by atoms with Gasteiger partial charge in [-0.05, 0) is 35.9 Å². The first-order valence-electron chi connectivity index (χ1n) is 9.32. The molecule has 0 bridgehead atoms. The summed E-state index contributed by atoms with van der Waals surface area (Å²) in [5.74, 6) is -1.63. The minimum Gasteiger partial charge on any atom is -0.507 e. The molecule has 0 radical (unpaired) electrons. The third-order valence-electron chi connectivity index (χ3n) is 5.02. The van der Waals surface area contributed by atoms with Gasteiger partial charge < -0.3 is 29.3 Å². The van der Waals surface area contributed by atoms with E-state index in [1.54, 1.807) is 12.1 Å². The largest absolute Gasteiger partial charge is 0.507 e. The van der Waals surface area contributed by atoms with E-state index < -0.39 is 23.5 Å². The fraction of sp³-hybridized carbons (Fsp3) is 0.273. The number of phenolic OH excluding ortho intramolecular Hbond substituents is 1. The topological polar surface area (TPSA) is 106 Å². The van der Waals surface area contributed by atoms with E-state index in [1.807, 2.05) is 0 Å². The third-order valence-corrected chi connectivity index (χ3v) is 5.35. The molecule has 9 heteroatoms. The Kier molecular flexibility index (Phi) is 6.72. The maximum atomic E-state index is 12.9. The van der Waals surface area contributed by atoms with Crippen LogP contribution in [0.4, 0.5) is 0 Å². The van der Waals surface area contributed by atoms with Gasteiger partial charge in [0.1, 0.15) is 11.5 Å². The second-order valence-electron chi connectivity index (χ2n) is 6.76. The number of benzene rings is 2. The van der Waals surface area contributed by atoms with Gasteiger partial charge in [-0.25, -0.2) is 0 Å². The Morgan fingerprint density at radius 2 is 1.84 bits per heavy atom. The van der Waals surface area contributed by atoms with Gasteiger partial charge in [-0.2, -0.15) is 0 Å². The highest BCUT2D eigenvalue weighted by Gasteiger charge is 2.46. The molecule has 1 aliphatic heterocycles. The normalized spacial score (nSPS) is 17.8. The highest BCUT2D eigenvalue weighted by molar-refractivity contribution is 6.47. The van der Waals surface area contributed by atoms with Crippen molar-refractivity contribution in [1.82, 2.24) is 4.90 Å². The SMILES string of the molecule is COCCN1C(=O)C(=O)/C(=C(/O)c2cc(OC)ccc2Cl)C1c1ccc(OC)c(O)c1. The molecule has 2 aromatic rings. The van der Waals surface area contributed by atoms with Crippen LogP contribution >= 0.6 is 11.6 Å². The molecule has 0 aromatic heterocycles. The Hall–Kier alpha value is -3.23. The molecule has 1 fully saturated rings. The zero-order chi connectivity index (χ0) is 22.7. The zero-order valence-electron chi connectivity index (χ0n) is 17.2. The molecule has 1 heterocycles. The van der Waals surface area contributed by atoms with Crippen LogP contribution in [0.25, 0.3) is 5.76 Å². The summed E-state index contributed by atoms with van der Waals surface area (Å²) >= 11 is 6.25. The lowest BCUT2D eigenvalue weighted by Crippen LogP contribution is -2.32. The minimum atomic E-state index is -0.964. The molecule has 0 aliphatic carbocycles. The minimum absolute atomic E-state index is 0.0984. The third kappa shape index (κ3) is 4.17. The number of Topliss-reactive ketones (excluding diaryl/α,β-unsaturated/α-hetero) is 1. The number of carbonyl (C=O) groups is 2. The van der Waals surface area contributed by atoms with E-state index in [1.165, 1.54) is 50.5 Å². The standard InChI is InChI=1S/C22H22ClNO7/c1-29-9-8-24-19(12-4-7-17(31-3)16(25)10-12)18(21(27)22(24)28)20(26)14-11-13(30-2)5-6-15(14)23/h4-7,10-11,19,25-26H,8-9H2,1-3H3/b20-18+. The average molecular weight is 448 g/mol. The highest BCUT2D eigenvalue weighted by atomic mass is 35.5. The summed E-state index contributed by atoms with van der Waals surface area (Å²) in [5, 5.41) is 21.5. The van der Waals surface area contributed by atoms with E-state index in [9.17, 15) is 19.8 Å². The number of nitrogens with zero attached hydrogens (tertiary/aromatic N) is 1. The van der Waals surface area contributed by atoms with Crippen molar-refractivity contribution in [2.45, 2.75) is 6.04 Å². The quantitative estimate of drug-likeness (QED) is 0.381. The van der Waals surface area contributed by atoms with Gasteiger partial charge >= 0.3 is 0 Å². The van der Waals surface area contributed by atoms with Crippen LogP contribution in [0, 0.1) is 0 Å². The van der Waals surface area contributed by atoms with E-state index >= 15 is 0 Å². The molecule has 1 aliphatic rings. The van der Waals surface area contributed by atoms with E-state index in [0.29, 0.717) is 11.3 Å². The monoisotopic (exact) mass is 447 g/mol. The second kappa shape index (κ2) is 9.28. The first-order valence-corrected chi connectivity index (χ1v) is 9.70. The van der Waals surface area contributed by atoms with Gasteiger partial charge in [0.25, 0.3) is 11.7 Å². The summed E-state index contributed by atoms with van der Waals surface area (Å²) in [6.07, 6.45) is 0. The number of ketones is 1. The fourth-order valence-electron chi connectivity index (χ4n) is 3.48. The number of hydrogen-bond acceptors (Lipinski definition) is 7. The maximum Gasteiger partial charge on any atom is 0.295 e. The van der Waals surface area contributed by atoms with Crippen LogP contribution in [-0.2, 0) is 14.3 Å². The number of methoxy groups -OCH3 is 3. The first-order chi connectivity index (χ1) is 14.8. The van der Waals surface area contributed by atoms with Crippen molar-refractivity contribution in [3.05, 3.63) is 58.1 Å². The highest BCUT2D eigenvalue weighted by Crippen LogP contribution is 2.42. The van der Waals surface area contributed by atoms with Crippen LogP contribution in [0.15, 0.2) is 42.0 Å². The number of aliphatic hydroxyl groups excluding tert-OH is 1. The number of ether oxygens (including phenoxy) is 3. The zero-order valence-corrected chi connectivity index (χ0v) is 18.0. The van der Waals surface area contributed by atoms with E-state index in [2.05, 4.69) is 0 Å². The molecular formula is C22H22ClNO7. The summed E-state index contributed by atoms with van der Waals surface area (Å²) in [6.45, 7) is 0.271. The Morgan fingerprint density at radius 3 is 2.45 bits per heavy atom. The van der Waals surface area contributed by atoms with Crippen molar-refractivity contribution in [3.63, 3.8) is 0 Å². The molecule has 2 aromatic carbocycles. The molecule has 2 N–H and O–H groups in total. The van der Waals surface area contributed by atoms with Crippen LogP contribution < -0.4 is 9.47 Å². The molecule has 0 saturated carbocycles. The van der Waals surface area contributed by atoms with Crippen LogP contribution in [0.5, 0.6) is 17.2 Å². The van der Waals surface area contributed by atoms with Crippen molar-refractivity contribution >= 4 is 29.1 Å². The van der Waals surface area contributed by atoms with E-state index in [0.717, 1.165) is 0 Å². The molecule has 31 heavy (non-hydrogen) atoms. The van der Waals surface area contributed by atoms with Crippen molar-refractivity contribution in [3.8, 4) is 17.2 Å². The summed E-state index contributed by atoms with van der Waals surface area (Å²) in [6, 6.07) is 8.14. The van der Waals surface area contributed by atoms with Gasteiger partial charge in [-0.15, -0.1) is 0 Å². The van der Waals surface area contributed by atoms with Gasteiger partial charge in [-0.3, -0.25) is 9.59 Å². The molecule has 8 nitrogen and oxygen atoms in total. The van der Waals surface area contributed by atoms with Gasteiger partial charge in [0.15, 0.2) is 11.5 Å². The molecule has 1 saturated heterocycles. The number of aliphatic hydroxyl groups is 1. The lowest BCUT2D eigenvalue weighted by atomic mass is 9.95. The number of carbonyl (C=O) groups excluding carboxylic acids is 2. The van der Waals surface area contributed by atoms with Crippen molar-refractivity contribution in [1.29, 1.82) is 0 Å². The Morgan fingerprint density at radius 1 is 1.10 bits per heavy atom. The number of hydrogen-bond donors (Lipinski definition) is 2. The van der Waals surface area contributed by atoms with Crippen LogP contribution in [0.3, 0.4) is 0 Å². The van der Waals surface area contributed by atoms with Gasteiger partial charge in [0.05, 0.1) is 37.5 Å². The summed E-state index contributed by atoms with van der Waals surface area (Å²) < 4.78 is 15.3. The smallest absolute Gasteiger partial charge is 0.295 e. The van der Waals surface area contributed by atoms with Crippen LogP contribution in [0.1, 0.15) is 17.2 Å². The average Bonchev–Trinajstić information content (AvgIpc) is 3.02. The number of rotatable bonds is 7. The second-order valence-corrected chi connectivity index (χ2v) is 7.17. The number of amides is 1. The van der Waals surface area contributed by atoms with E-state index in [4.69, 9.17) is 25.8 Å². The number of aromatic hydroxyl groups is 1. The first kappa shape index (κ1) is 22.5. The Bertz CT molecular complexity index is 1050. The predicted molar refractivity (Wildman–Crippen MR) is 114 cm³/mol. The molecule has 1 unspecified atom stereocenters. The molecule has 0 spiro atoms. The van der Waals surface area contributed by atoms with E-state index in [-0.39, 0.29) is 40.8 Å². The van der Waals surface area contributed by atoms with Gasteiger partial charge in [0.2, 0.25) is 0 Å². The van der Waals surface area contributed by atoms with Gasteiger partial charge in [-0.1, -0.05) is 17.7 Å². The molecule has 164 valence electrons. The summed E-state index contributed by atoms with van der Waals surface area (Å²) in [7, 11) is 4.34. The summed E-state index contributed by atoms with van der Waals surface area (Å²) in [4.78, 5) is 27.0. The van der Waals surface area contributed by atoms with Crippen molar-refractivity contribution in [2.75, 3.05) is 34.5 Å². The summed E-state index contributed by atoms with van der Waals surface area (Å²) in [5.41, 5.74) is 0.406. The number of likely N-dealkylation sites (tertiary alicyclic amines) is 1. The lowest BCUT2D eigenvalue weighted by molar-refractivity contribution is -0.140. The molecule has 3 rings (SSSR count). The molecule has 1 amide bonds. The van der Waals surface area contributed by atoms with Crippen molar-refractivity contribution in [2.24, 2.45) is 0 Å². The Labute approximate surface area is 184 Å². The van der Waals surface area contributed by atoms with Gasteiger partial charge in [0, 0.05) is 19.2 Å². The lowest BCUT2D eigenvalue weighted by Gasteiger charge is -2.25. The predicted octanol–water partition coefficient (Wildman–Crippen LogP) is 3.13. The fourth-order valence-corrected chi connectivity index (χ4v) is 3.69. The van der Waals surface area contributed by atoms with Crippen LogP contribution in [0.2, 0.25) is 5.02 Å². The maximum absolute atomic E-state index is 12.9. The Balaban J connectivity index is 2.22. The molecule has 1 atom stereocenters. The number of halogens is 1. The molecular weight excluding hydrogens is 426 g/mol.